The van der Waals surface area contributed by atoms with Gasteiger partial charge in [0.1, 0.15) is 24.4 Å². The van der Waals surface area contributed by atoms with Gasteiger partial charge in [-0.2, -0.15) is 0 Å². The van der Waals surface area contributed by atoms with E-state index in [4.69, 9.17) is 9.47 Å². The fourth-order valence-electron chi connectivity index (χ4n) is 2.56. The van der Waals surface area contributed by atoms with Crippen molar-refractivity contribution in [3.63, 3.8) is 0 Å². The van der Waals surface area contributed by atoms with E-state index in [1.807, 2.05) is 20.8 Å². The standard InChI is InChI=1S/C19H24N4O4/c1-19(2,3)18(25)22-14-11-13-16(21-14)20-12-23(17(13)24)8-6-10-27-15-7-4-5-9-26-15/h11-12,15,21H,4-5,7,9-10H2,1-3H3,(H,22,25). The molecule has 1 unspecified atom stereocenters. The van der Waals surface area contributed by atoms with Crippen molar-refractivity contribution in [1.82, 2.24) is 14.5 Å². The quantitative estimate of drug-likeness (QED) is 0.804. The van der Waals surface area contributed by atoms with E-state index in [0.29, 0.717) is 23.5 Å². The van der Waals surface area contributed by atoms with Gasteiger partial charge >= 0.3 is 0 Å². The predicted molar refractivity (Wildman–Crippen MR) is 101 cm³/mol. The maximum atomic E-state index is 12.5. The lowest BCUT2D eigenvalue weighted by Gasteiger charge is -2.21. The monoisotopic (exact) mass is 372 g/mol. The van der Waals surface area contributed by atoms with Gasteiger partial charge in [-0.25, -0.2) is 9.55 Å². The Morgan fingerprint density at radius 1 is 1.48 bits per heavy atom. The summed E-state index contributed by atoms with van der Waals surface area (Å²) < 4.78 is 12.2. The molecule has 8 nitrogen and oxygen atoms in total. The molecule has 3 heterocycles. The van der Waals surface area contributed by atoms with Crippen molar-refractivity contribution in [2.75, 3.05) is 18.5 Å². The number of H-pyrrole nitrogens is 1. The number of hydrogen-bond donors (Lipinski definition) is 2. The van der Waals surface area contributed by atoms with E-state index >= 15 is 0 Å². The minimum atomic E-state index is -0.543. The number of rotatable bonds is 3. The molecule has 0 aromatic carbocycles. The fraction of sp³-hybridized carbons (Fsp3) is 0.526. The van der Waals surface area contributed by atoms with Crippen molar-refractivity contribution in [3.05, 3.63) is 22.7 Å². The Hall–Kier alpha value is -2.63. The zero-order chi connectivity index (χ0) is 19.4. The SMILES string of the molecule is CC(C)(C)C(=O)Nc1cc2c(=O)n(C#CCOC3CCCCO3)cnc2[nH]1. The number of aromatic amines is 1. The van der Waals surface area contributed by atoms with Crippen LogP contribution in [0.2, 0.25) is 0 Å². The lowest BCUT2D eigenvalue weighted by Crippen LogP contribution is -2.27. The van der Waals surface area contributed by atoms with Gasteiger partial charge in [-0.05, 0) is 25.3 Å². The first kappa shape index (κ1) is 19.1. The Kier molecular flexibility index (Phi) is 5.63. The number of anilines is 1. The van der Waals surface area contributed by atoms with Crippen molar-refractivity contribution in [2.24, 2.45) is 5.41 Å². The van der Waals surface area contributed by atoms with Crippen LogP contribution in [-0.2, 0) is 14.3 Å². The minimum absolute atomic E-state index is 0.156. The Labute approximate surface area is 157 Å². The highest BCUT2D eigenvalue weighted by molar-refractivity contribution is 5.96. The first-order chi connectivity index (χ1) is 12.8. The molecule has 1 amide bonds. The molecule has 2 N–H and O–H groups in total. The third-order valence-electron chi connectivity index (χ3n) is 4.16. The lowest BCUT2D eigenvalue weighted by molar-refractivity contribution is -0.154. The summed E-state index contributed by atoms with van der Waals surface area (Å²) in [5.74, 6) is 3.08. The smallest absolute Gasteiger partial charge is 0.274 e. The van der Waals surface area contributed by atoms with Crippen LogP contribution in [0.15, 0.2) is 17.2 Å². The number of nitrogens with one attached hydrogen (secondary N) is 2. The number of fused-ring (bicyclic) bond motifs is 1. The van der Waals surface area contributed by atoms with Crippen molar-refractivity contribution in [1.29, 1.82) is 0 Å². The Morgan fingerprint density at radius 2 is 2.30 bits per heavy atom. The molecule has 1 atom stereocenters. The number of ether oxygens (including phenoxy) is 2. The van der Waals surface area contributed by atoms with Gasteiger partial charge in [-0.15, -0.1) is 0 Å². The Balaban J connectivity index is 1.70. The van der Waals surface area contributed by atoms with Crippen molar-refractivity contribution >= 4 is 22.8 Å². The highest BCUT2D eigenvalue weighted by Crippen LogP contribution is 2.18. The number of aromatic nitrogens is 3. The van der Waals surface area contributed by atoms with Crippen molar-refractivity contribution in [3.8, 4) is 12.0 Å². The summed E-state index contributed by atoms with van der Waals surface area (Å²) >= 11 is 0. The summed E-state index contributed by atoms with van der Waals surface area (Å²) in [4.78, 5) is 31.7. The van der Waals surface area contributed by atoms with Crippen LogP contribution in [0.25, 0.3) is 11.0 Å². The number of hydrogen-bond acceptors (Lipinski definition) is 5. The van der Waals surface area contributed by atoms with Crippen LogP contribution in [0.3, 0.4) is 0 Å². The second-order valence-electron chi connectivity index (χ2n) is 7.46. The number of carbonyl (C=O) groups is 1. The van der Waals surface area contributed by atoms with Crippen molar-refractivity contribution < 1.29 is 14.3 Å². The summed E-state index contributed by atoms with van der Waals surface area (Å²) in [5, 5.41) is 3.11. The van der Waals surface area contributed by atoms with Crippen LogP contribution in [0.1, 0.15) is 40.0 Å². The third-order valence-corrected chi connectivity index (χ3v) is 4.16. The molecule has 0 aliphatic carbocycles. The zero-order valence-corrected chi connectivity index (χ0v) is 15.8. The summed E-state index contributed by atoms with van der Waals surface area (Å²) in [7, 11) is 0. The van der Waals surface area contributed by atoms with Gasteiger partial charge in [0, 0.05) is 18.1 Å². The van der Waals surface area contributed by atoms with Crippen LogP contribution in [0.4, 0.5) is 5.82 Å². The maximum Gasteiger partial charge on any atom is 0.274 e. The molecule has 144 valence electrons. The van der Waals surface area contributed by atoms with Gasteiger partial charge in [0.2, 0.25) is 5.91 Å². The number of amides is 1. The molecule has 0 bridgehead atoms. The van der Waals surface area contributed by atoms with E-state index in [1.165, 1.54) is 10.9 Å². The summed E-state index contributed by atoms with van der Waals surface area (Å²) in [5.41, 5.74) is -0.457. The highest BCUT2D eigenvalue weighted by atomic mass is 16.7. The molecule has 2 aromatic rings. The minimum Gasteiger partial charge on any atom is -0.353 e. The Morgan fingerprint density at radius 3 is 3.00 bits per heavy atom. The largest absolute Gasteiger partial charge is 0.353 e. The number of nitrogens with zero attached hydrogens (tertiary/aromatic N) is 2. The molecular formula is C19H24N4O4. The Bertz CT molecular complexity index is 936. The van der Waals surface area contributed by atoms with Gasteiger partial charge in [0.15, 0.2) is 6.29 Å². The first-order valence-corrected chi connectivity index (χ1v) is 8.98. The molecule has 1 fully saturated rings. The van der Waals surface area contributed by atoms with Gasteiger partial charge in [-0.3, -0.25) is 9.59 Å². The van der Waals surface area contributed by atoms with Gasteiger partial charge in [0.05, 0.1) is 5.39 Å². The van der Waals surface area contributed by atoms with E-state index in [2.05, 4.69) is 27.2 Å². The molecule has 8 heteroatoms. The highest BCUT2D eigenvalue weighted by Gasteiger charge is 2.22. The molecule has 0 saturated carbocycles. The molecule has 0 radical (unpaired) electrons. The van der Waals surface area contributed by atoms with Crippen LogP contribution in [-0.4, -0.2) is 39.9 Å². The van der Waals surface area contributed by atoms with Crippen LogP contribution in [0.5, 0.6) is 0 Å². The summed E-state index contributed by atoms with van der Waals surface area (Å²) in [6.45, 7) is 6.32. The molecule has 1 saturated heterocycles. The molecular weight excluding hydrogens is 348 g/mol. The van der Waals surface area contributed by atoms with E-state index in [9.17, 15) is 9.59 Å². The van der Waals surface area contributed by atoms with Gasteiger partial charge in [-0.1, -0.05) is 26.7 Å². The third kappa shape index (κ3) is 4.76. The van der Waals surface area contributed by atoms with E-state index in [1.54, 1.807) is 6.07 Å². The first-order valence-electron chi connectivity index (χ1n) is 8.98. The van der Waals surface area contributed by atoms with Crippen LogP contribution in [0, 0.1) is 17.4 Å². The summed E-state index contributed by atoms with van der Waals surface area (Å²) in [6.07, 6.45) is 4.13. The van der Waals surface area contributed by atoms with Crippen LogP contribution >= 0.6 is 0 Å². The molecule has 3 rings (SSSR count). The lowest BCUT2D eigenvalue weighted by atomic mass is 9.96. The second kappa shape index (κ2) is 7.94. The normalized spacial score (nSPS) is 17.4. The van der Waals surface area contributed by atoms with Crippen LogP contribution < -0.4 is 10.9 Å². The van der Waals surface area contributed by atoms with E-state index in [0.717, 1.165) is 19.3 Å². The second-order valence-corrected chi connectivity index (χ2v) is 7.46. The topological polar surface area (TPSA) is 98.2 Å². The fourth-order valence-corrected chi connectivity index (χ4v) is 2.56. The predicted octanol–water partition coefficient (Wildman–Crippen LogP) is 2.06. The zero-order valence-electron chi connectivity index (χ0n) is 15.8. The molecule has 1 aliphatic heterocycles. The maximum absolute atomic E-state index is 12.5. The molecule has 27 heavy (non-hydrogen) atoms. The average molecular weight is 372 g/mol. The van der Waals surface area contributed by atoms with Crippen molar-refractivity contribution in [2.45, 2.75) is 46.3 Å². The van der Waals surface area contributed by atoms with E-state index < -0.39 is 5.41 Å². The van der Waals surface area contributed by atoms with Gasteiger partial charge < -0.3 is 19.8 Å². The number of carbonyl (C=O) groups excluding carboxylic acids is 1. The molecule has 2 aromatic heterocycles. The molecule has 1 aliphatic rings. The average Bonchev–Trinajstić information content (AvgIpc) is 3.04. The van der Waals surface area contributed by atoms with Gasteiger partial charge in [0.25, 0.3) is 5.56 Å². The van der Waals surface area contributed by atoms with E-state index in [-0.39, 0.29) is 24.4 Å². The summed E-state index contributed by atoms with van der Waals surface area (Å²) in [6, 6.07) is 4.30. The molecule has 0 spiro atoms.